The van der Waals surface area contributed by atoms with Crippen LogP contribution < -0.4 is 0 Å². The molecule has 0 aliphatic carbocycles. The number of halogens is 1. The van der Waals surface area contributed by atoms with Crippen molar-refractivity contribution in [1.29, 1.82) is 0 Å². The molecule has 0 saturated carbocycles. The zero-order chi connectivity index (χ0) is 37.0. The molecule has 1 atom stereocenters. The monoisotopic (exact) mass is 677 g/mol. The van der Waals surface area contributed by atoms with Crippen molar-refractivity contribution in [3.63, 3.8) is 0 Å². The summed E-state index contributed by atoms with van der Waals surface area (Å²) in [5, 5.41) is 7.60. The first-order valence-electron chi connectivity index (χ1n) is 17.8. The largest absolute Gasteiger partial charge is 0.400 e. The van der Waals surface area contributed by atoms with E-state index >= 15 is 0 Å². The van der Waals surface area contributed by atoms with Crippen molar-refractivity contribution in [2.24, 2.45) is 10.4 Å². The van der Waals surface area contributed by atoms with Gasteiger partial charge in [-0.05, 0) is 111 Å². The molecule has 0 fully saturated rings. The van der Waals surface area contributed by atoms with Gasteiger partial charge in [0.05, 0.1) is 10.7 Å². The standard InChI is InChI=1S/C25H33NO.C15H21ClO.C2H6.CH4O/c1-8-10-20-12-13-21(15-19(20)9-2)23(25(5,6)16-27)22-14-11-17(3)24(26-7)18(22)4;1-4-5-6-7-8-13-9-11(2)15(12(3)17)14(16)10-13;2*1-2/h11-16,23H,7-10H2,1-6H3;9-10H,4-8H2,1-3H3;1-2H3;2H,1H3. The van der Waals surface area contributed by atoms with Gasteiger partial charge in [-0.25, -0.2) is 0 Å². The number of unbranched alkanes of at least 4 members (excludes halogenated alkanes) is 3. The minimum absolute atomic E-state index is 0.0166. The number of aliphatic imine (C=N–C) groups is 1. The third-order valence-electron chi connectivity index (χ3n) is 8.67. The molecule has 0 radical (unpaired) electrons. The van der Waals surface area contributed by atoms with Crippen molar-refractivity contribution in [2.45, 2.75) is 133 Å². The Labute approximate surface area is 298 Å². The highest BCUT2D eigenvalue weighted by Gasteiger charge is 2.34. The molecule has 1 N–H and O–H groups in total. The van der Waals surface area contributed by atoms with Gasteiger partial charge in [0.2, 0.25) is 0 Å². The average Bonchev–Trinajstić information content (AvgIpc) is 3.07. The van der Waals surface area contributed by atoms with Crippen LogP contribution in [0.15, 0.2) is 47.5 Å². The lowest BCUT2D eigenvalue weighted by Crippen LogP contribution is -2.26. The molecule has 0 bridgehead atoms. The van der Waals surface area contributed by atoms with Crippen LogP contribution in [0.1, 0.15) is 148 Å². The van der Waals surface area contributed by atoms with E-state index < -0.39 is 5.41 Å². The van der Waals surface area contributed by atoms with Crippen molar-refractivity contribution in [2.75, 3.05) is 7.11 Å². The molecule has 0 amide bonds. The Kier molecular flexibility index (Phi) is 21.8. The lowest BCUT2D eigenvalue weighted by Gasteiger charge is -2.32. The number of hydrogen-bond acceptors (Lipinski definition) is 4. The number of aliphatic hydroxyl groups is 1. The maximum Gasteiger partial charge on any atom is 0.161 e. The number of carbonyl (C=O) groups is 2. The molecular formula is C43H64ClNO3. The van der Waals surface area contributed by atoms with Gasteiger partial charge >= 0.3 is 0 Å². The molecule has 3 aromatic carbocycles. The molecule has 266 valence electrons. The number of rotatable bonds is 14. The second kappa shape index (κ2) is 23.3. The highest BCUT2D eigenvalue weighted by molar-refractivity contribution is 6.34. The van der Waals surface area contributed by atoms with Crippen LogP contribution >= 0.6 is 11.6 Å². The third kappa shape index (κ3) is 12.7. The first kappa shape index (κ1) is 44.9. The van der Waals surface area contributed by atoms with Crippen molar-refractivity contribution in [3.8, 4) is 0 Å². The number of aldehydes is 1. The van der Waals surface area contributed by atoms with Crippen molar-refractivity contribution in [1.82, 2.24) is 0 Å². The van der Waals surface area contributed by atoms with E-state index in [2.05, 4.69) is 82.7 Å². The number of benzene rings is 3. The van der Waals surface area contributed by atoms with Crippen LogP contribution in [0.25, 0.3) is 0 Å². The van der Waals surface area contributed by atoms with Gasteiger partial charge in [-0.15, -0.1) is 0 Å². The number of nitrogens with zero attached hydrogens (tertiary/aromatic N) is 1. The van der Waals surface area contributed by atoms with Gasteiger partial charge in [0.1, 0.15) is 6.29 Å². The number of aliphatic hydroxyl groups excluding tert-OH is 1. The van der Waals surface area contributed by atoms with Gasteiger partial charge in [-0.3, -0.25) is 9.79 Å². The summed E-state index contributed by atoms with van der Waals surface area (Å²) in [5.41, 5.74) is 10.7. The predicted molar refractivity (Wildman–Crippen MR) is 210 cm³/mol. The molecule has 5 heteroatoms. The Morgan fingerprint density at radius 2 is 1.54 bits per heavy atom. The topological polar surface area (TPSA) is 66.7 Å². The average molecular weight is 678 g/mol. The Balaban J connectivity index is 0.000000905. The van der Waals surface area contributed by atoms with Gasteiger partial charge in [-0.2, -0.15) is 0 Å². The summed E-state index contributed by atoms with van der Waals surface area (Å²) in [4.78, 5) is 27.7. The molecule has 0 saturated heterocycles. The van der Waals surface area contributed by atoms with Crippen molar-refractivity contribution >= 4 is 36.1 Å². The number of carbonyl (C=O) groups excluding carboxylic acids is 2. The molecule has 0 aliphatic heterocycles. The van der Waals surface area contributed by atoms with E-state index in [1.54, 1.807) is 6.92 Å². The minimum atomic E-state index is -0.518. The molecule has 0 heterocycles. The van der Waals surface area contributed by atoms with E-state index in [0.717, 1.165) is 67.0 Å². The number of Topliss-reactive ketones (excluding diaryl/α,β-unsaturated/α-hetero) is 1. The Hall–Kier alpha value is -3.08. The minimum Gasteiger partial charge on any atom is -0.400 e. The zero-order valence-corrected chi connectivity index (χ0v) is 32.9. The molecule has 3 rings (SSSR count). The zero-order valence-electron chi connectivity index (χ0n) is 32.1. The van der Waals surface area contributed by atoms with Gasteiger partial charge < -0.3 is 9.90 Å². The molecule has 3 aromatic rings. The first-order chi connectivity index (χ1) is 22.9. The van der Waals surface area contributed by atoms with E-state index in [0.29, 0.717) is 10.6 Å². The van der Waals surface area contributed by atoms with Crippen LogP contribution in [0.4, 0.5) is 5.69 Å². The first-order valence-corrected chi connectivity index (χ1v) is 18.1. The van der Waals surface area contributed by atoms with E-state index in [4.69, 9.17) is 16.7 Å². The molecule has 0 aliphatic rings. The van der Waals surface area contributed by atoms with Crippen LogP contribution in [-0.2, 0) is 24.1 Å². The fraction of sp³-hybridized carbons (Fsp3) is 0.512. The summed E-state index contributed by atoms with van der Waals surface area (Å²) in [6.45, 7) is 26.1. The summed E-state index contributed by atoms with van der Waals surface area (Å²) >= 11 is 6.15. The van der Waals surface area contributed by atoms with Gasteiger partial charge in [0, 0.05) is 24.0 Å². The second-order valence-corrected chi connectivity index (χ2v) is 13.2. The molecular weight excluding hydrogens is 614 g/mol. The van der Waals surface area contributed by atoms with E-state index in [1.807, 2.05) is 40.7 Å². The molecule has 0 spiro atoms. The Bertz CT molecular complexity index is 1420. The molecule has 4 nitrogen and oxygen atoms in total. The van der Waals surface area contributed by atoms with Crippen LogP contribution in [0.2, 0.25) is 5.02 Å². The Morgan fingerprint density at radius 1 is 0.896 bits per heavy atom. The van der Waals surface area contributed by atoms with Crippen molar-refractivity contribution < 1.29 is 14.7 Å². The van der Waals surface area contributed by atoms with Gasteiger partial charge in [0.15, 0.2) is 5.78 Å². The van der Waals surface area contributed by atoms with Crippen LogP contribution in [0, 0.1) is 26.2 Å². The second-order valence-electron chi connectivity index (χ2n) is 12.7. The van der Waals surface area contributed by atoms with Gasteiger partial charge in [0.25, 0.3) is 0 Å². The number of ketones is 1. The highest BCUT2D eigenvalue weighted by atomic mass is 35.5. The van der Waals surface area contributed by atoms with E-state index in [9.17, 15) is 9.59 Å². The smallest absolute Gasteiger partial charge is 0.161 e. The lowest BCUT2D eigenvalue weighted by molar-refractivity contribution is -0.115. The summed E-state index contributed by atoms with van der Waals surface area (Å²) in [7, 11) is 1.00. The molecule has 48 heavy (non-hydrogen) atoms. The normalized spacial score (nSPS) is 11.1. The summed E-state index contributed by atoms with van der Waals surface area (Å²) in [6, 6.07) is 15.0. The number of aryl methyl sites for hydroxylation is 5. The third-order valence-corrected chi connectivity index (χ3v) is 8.97. The summed E-state index contributed by atoms with van der Waals surface area (Å²) in [6.07, 6.45) is 10.4. The maximum atomic E-state index is 12.0. The molecule has 1 unspecified atom stereocenters. The summed E-state index contributed by atoms with van der Waals surface area (Å²) in [5.74, 6) is 0.0297. The van der Waals surface area contributed by atoms with Gasteiger partial charge in [-0.1, -0.05) is 122 Å². The maximum absolute atomic E-state index is 12.0. The number of hydrogen-bond donors (Lipinski definition) is 1. The predicted octanol–water partition coefficient (Wildman–Crippen LogP) is 12.1. The van der Waals surface area contributed by atoms with Crippen molar-refractivity contribution in [3.05, 3.63) is 97.6 Å². The lowest BCUT2D eigenvalue weighted by atomic mass is 9.70. The summed E-state index contributed by atoms with van der Waals surface area (Å²) < 4.78 is 0. The van der Waals surface area contributed by atoms with Crippen LogP contribution in [0.5, 0.6) is 0 Å². The molecule has 0 aromatic heterocycles. The van der Waals surface area contributed by atoms with E-state index in [-0.39, 0.29) is 11.7 Å². The van der Waals surface area contributed by atoms with E-state index in [1.165, 1.54) is 47.9 Å². The fourth-order valence-electron chi connectivity index (χ4n) is 6.31. The SMILES string of the molecule is C=Nc1c(C)ccc(C(c2ccc(CCC)c(CC)c2)C(C)(C)C=O)c1C.CC.CCCCCCc1cc(C)c(C(C)=O)c(Cl)c1.CO. The fourth-order valence-corrected chi connectivity index (χ4v) is 6.74. The Morgan fingerprint density at radius 3 is 2.04 bits per heavy atom. The van der Waals surface area contributed by atoms with Crippen LogP contribution in [-0.4, -0.2) is 31.0 Å². The quantitative estimate of drug-likeness (QED) is 0.0799. The van der Waals surface area contributed by atoms with Crippen LogP contribution in [0.3, 0.4) is 0 Å². The highest BCUT2D eigenvalue weighted by Crippen LogP contribution is 2.44.